The zero-order chi connectivity index (χ0) is 12.1. The third kappa shape index (κ3) is 2.94. The van der Waals surface area contributed by atoms with E-state index in [-0.39, 0.29) is 0 Å². The standard InChI is InChI=1S/C14H19N3/c1-3-17(4-2)11-13-10-15-14(16-13)12-8-6-5-7-9-12/h5-10H,3-4,11H2,1-2H3,(H,15,16). The zero-order valence-electron chi connectivity index (χ0n) is 10.5. The second-order valence-electron chi connectivity index (χ2n) is 4.08. The van der Waals surface area contributed by atoms with E-state index >= 15 is 0 Å². The van der Waals surface area contributed by atoms with Gasteiger partial charge in [-0.05, 0) is 13.1 Å². The molecule has 1 N–H and O–H groups in total. The van der Waals surface area contributed by atoms with Crippen LogP contribution >= 0.6 is 0 Å². The fourth-order valence-electron chi connectivity index (χ4n) is 1.87. The number of benzene rings is 1. The molecule has 90 valence electrons. The number of rotatable bonds is 5. The molecule has 0 fully saturated rings. The van der Waals surface area contributed by atoms with Crippen molar-refractivity contribution in [2.75, 3.05) is 13.1 Å². The fraction of sp³-hybridized carbons (Fsp3) is 0.357. The topological polar surface area (TPSA) is 31.9 Å². The minimum Gasteiger partial charge on any atom is -0.341 e. The van der Waals surface area contributed by atoms with Crippen LogP contribution in [-0.4, -0.2) is 28.0 Å². The number of aromatic nitrogens is 2. The SMILES string of the molecule is CCN(CC)Cc1cnc(-c2ccccc2)[nH]1. The molecule has 0 aliphatic heterocycles. The Morgan fingerprint density at radius 3 is 2.47 bits per heavy atom. The highest BCUT2D eigenvalue weighted by molar-refractivity contribution is 5.54. The molecule has 0 spiro atoms. The summed E-state index contributed by atoms with van der Waals surface area (Å²) >= 11 is 0. The first kappa shape index (κ1) is 11.9. The van der Waals surface area contributed by atoms with Crippen LogP contribution in [0.2, 0.25) is 0 Å². The van der Waals surface area contributed by atoms with Gasteiger partial charge in [0, 0.05) is 24.0 Å². The van der Waals surface area contributed by atoms with Gasteiger partial charge in [-0.3, -0.25) is 4.90 Å². The van der Waals surface area contributed by atoms with Gasteiger partial charge in [0.1, 0.15) is 5.82 Å². The van der Waals surface area contributed by atoms with Crippen molar-refractivity contribution < 1.29 is 0 Å². The highest BCUT2D eigenvalue weighted by Gasteiger charge is 2.05. The molecule has 0 unspecified atom stereocenters. The van der Waals surface area contributed by atoms with Gasteiger partial charge in [0.2, 0.25) is 0 Å². The Bertz CT molecular complexity index is 444. The van der Waals surface area contributed by atoms with E-state index < -0.39 is 0 Å². The first-order valence-electron chi connectivity index (χ1n) is 6.15. The van der Waals surface area contributed by atoms with Gasteiger partial charge in [0.25, 0.3) is 0 Å². The summed E-state index contributed by atoms with van der Waals surface area (Å²) in [4.78, 5) is 10.2. The largest absolute Gasteiger partial charge is 0.341 e. The quantitative estimate of drug-likeness (QED) is 0.855. The maximum absolute atomic E-state index is 4.43. The lowest BCUT2D eigenvalue weighted by Crippen LogP contribution is -2.22. The summed E-state index contributed by atoms with van der Waals surface area (Å²) in [5.74, 6) is 0.952. The van der Waals surface area contributed by atoms with Crippen molar-refractivity contribution >= 4 is 0 Å². The average molecular weight is 229 g/mol. The summed E-state index contributed by atoms with van der Waals surface area (Å²) < 4.78 is 0. The van der Waals surface area contributed by atoms with Crippen LogP contribution in [0.15, 0.2) is 36.5 Å². The van der Waals surface area contributed by atoms with Crippen molar-refractivity contribution in [1.82, 2.24) is 14.9 Å². The molecule has 0 saturated heterocycles. The van der Waals surface area contributed by atoms with E-state index in [4.69, 9.17) is 0 Å². The van der Waals surface area contributed by atoms with Crippen LogP contribution in [-0.2, 0) is 6.54 Å². The molecule has 2 aromatic rings. The van der Waals surface area contributed by atoms with E-state index in [1.807, 2.05) is 24.4 Å². The van der Waals surface area contributed by atoms with Crippen LogP contribution in [0.25, 0.3) is 11.4 Å². The Kier molecular flexibility index (Phi) is 3.94. The van der Waals surface area contributed by atoms with Gasteiger partial charge < -0.3 is 4.98 Å². The van der Waals surface area contributed by atoms with Crippen molar-refractivity contribution in [3.05, 3.63) is 42.2 Å². The summed E-state index contributed by atoms with van der Waals surface area (Å²) in [6.45, 7) is 7.43. The Hall–Kier alpha value is -1.61. The molecule has 0 radical (unpaired) electrons. The van der Waals surface area contributed by atoms with Gasteiger partial charge in [-0.15, -0.1) is 0 Å². The molecule has 0 atom stereocenters. The second kappa shape index (κ2) is 5.64. The number of nitrogens with one attached hydrogen (secondary N) is 1. The molecule has 0 aliphatic rings. The lowest BCUT2D eigenvalue weighted by Gasteiger charge is -2.16. The van der Waals surface area contributed by atoms with Crippen LogP contribution < -0.4 is 0 Å². The van der Waals surface area contributed by atoms with Crippen molar-refractivity contribution in [2.24, 2.45) is 0 Å². The van der Waals surface area contributed by atoms with Crippen LogP contribution in [0.3, 0.4) is 0 Å². The molecular formula is C14H19N3. The Morgan fingerprint density at radius 2 is 1.82 bits per heavy atom. The van der Waals surface area contributed by atoms with E-state index in [9.17, 15) is 0 Å². The summed E-state index contributed by atoms with van der Waals surface area (Å²) in [7, 11) is 0. The van der Waals surface area contributed by atoms with Crippen LogP contribution in [0, 0.1) is 0 Å². The van der Waals surface area contributed by atoms with E-state index in [0.29, 0.717) is 0 Å². The Labute approximate surface area is 103 Å². The molecule has 3 heteroatoms. The monoisotopic (exact) mass is 229 g/mol. The van der Waals surface area contributed by atoms with Gasteiger partial charge in [-0.2, -0.15) is 0 Å². The average Bonchev–Trinajstić information content (AvgIpc) is 2.85. The minimum absolute atomic E-state index is 0.937. The number of H-pyrrole nitrogens is 1. The molecule has 1 heterocycles. The van der Waals surface area contributed by atoms with Crippen molar-refractivity contribution in [1.29, 1.82) is 0 Å². The van der Waals surface area contributed by atoms with Gasteiger partial charge in [-0.25, -0.2) is 4.98 Å². The van der Waals surface area contributed by atoms with Gasteiger partial charge in [0.15, 0.2) is 0 Å². The lowest BCUT2D eigenvalue weighted by atomic mass is 10.2. The van der Waals surface area contributed by atoms with E-state index in [1.54, 1.807) is 0 Å². The minimum atomic E-state index is 0.937. The number of hydrogen-bond acceptors (Lipinski definition) is 2. The van der Waals surface area contributed by atoms with Crippen molar-refractivity contribution in [2.45, 2.75) is 20.4 Å². The third-order valence-electron chi connectivity index (χ3n) is 2.96. The van der Waals surface area contributed by atoms with Gasteiger partial charge >= 0.3 is 0 Å². The molecule has 0 amide bonds. The molecule has 17 heavy (non-hydrogen) atoms. The van der Waals surface area contributed by atoms with E-state index in [0.717, 1.165) is 31.0 Å². The maximum Gasteiger partial charge on any atom is 0.137 e. The summed E-state index contributed by atoms with van der Waals surface area (Å²) in [6, 6.07) is 10.2. The first-order chi connectivity index (χ1) is 8.33. The predicted octanol–water partition coefficient (Wildman–Crippen LogP) is 2.92. The molecule has 0 saturated carbocycles. The lowest BCUT2D eigenvalue weighted by molar-refractivity contribution is 0.293. The van der Waals surface area contributed by atoms with Crippen molar-refractivity contribution in [3.8, 4) is 11.4 Å². The predicted molar refractivity (Wildman–Crippen MR) is 70.6 cm³/mol. The highest BCUT2D eigenvalue weighted by Crippen LogP contribution is 2.15. The molecule has 0 bridgehead atoms. The zero-order valence-corrected chi connectivity index (χ0v) is 10.5. The molecule has 3 nitrogen and oxygen atoms in total. The van der Waals surface area contributed by atoms with Gasteiger partial charge in [0.05, 0.1) is 0 Å². The summed E-state index contributed by atoms with van der Waals surface area (Å²) in [5.41, 5.74) is 2.31. The Balaban J connectivity index is 2.11. The fourth-order valence-corrected chi connectivity index (χ4v) is 1.87. The van der Waals surface area contributed by atoms with E-state index in [2.05, 4.69) is 40.8 Å². The second-order valence-corrected chi connectivity index (χ2v) is 4.08. The molecule has 1 aromatic heterocycles. The molecular weight excluding hydrogens is 210 g/mol. The van der Waals surface area contributed by atoms with Crippen molar-refractivity contribution in [3.63, 3.8) is 0 Å². The van der Waals surface area contributed by atoms with Crippen LogP contribution in [0.4, 0.5) is 0 Å². The first-order valence-corrected chi connectivity index (χ1v) is 6.15. The number of aromatic amines is 1. The highest BCUT2D eigenvalue weighted by atomic mass is 15.1. The number of hydrogen-bond donors (Lipinski definition) is 1. The number of imidazole rings is 1. The van der Waals surface area contributed by atoms with E-state index in [1.165, 1.54) is 5.69 Å². The Morgan fingerprint density at radius 1 is 1.12 bits per heavy atom. The molecule has 2 rings (SSSR count). The summed E-state index contributed by atoms with van der Waals surface area (Å²) in [6.07, 6.45) is 1.93. The summed E-state index contributed by atoms with van der Waals surface area (Å²) in [5, 5.41) is 0. The normalized spacial score (nSPS) is 11.0. The maximum atomic E-state index is 4.43. The molecule has 1 aromatic carbocycles. The van der Waals surface area contributed by atoms with Crippen LogP contribution in [0.5, 0.6) is 0 Å². The number of nitrogens with zero attached hydrogens (tertiary/aromatic N) is 2. The smallest absolute Gasteiger partial charge is 0.137 e. The molecule has 0 aliphatic carbocycles. The van der Waals surface area contributed by atoms with Crippen LogP contribution in [0.1, 0.15) is 19.5 Å². The third-order valence-corrected chi connectivity index (χ3v) is 2.96. The van der Waals surface area contributed by atoms with Gasteiger partial charge in [-0.1, -0.05) is 44.2 Å².